The summed E-state index contributed by atoms with van der Waals surface area (Å²) in [6.45, 7) is 12.3. The van der Waals surface area contributed by atoms with E-state index in [9.17, 15) is 46.6 Å². The second-order valence-corrected chi connectivity index (χ2v) is 27.5. The van der Waals surface area contributed by atoms with Gasteiger partial charge in [0.05, 0.1) is 76.7 Å². The van der Waals surface area contributed by atoms with Gasteiger partial charge in [-0.15, -0.1) is 12.8 Å². The zero-order valence-electron chi connectivity index (χ0n) is 56.4. The number of anilines is 2. The molecule has 4 aliphatic rings. The highest BCUT2D eigenvalue weighted by atomic mass is 35.5. The van der Waals surface area contributed by atoms with Gasteiger partial charge in [0.15, 0.2) is 22.3 Å². The number of imidazole rings is 2. The molecule has 2 aliphatic carbocycles. The number of terminal acetylenes is 1. The summed E-state index contributed by atoms with van der Waals surface area (Å²) < 4.78 is 119. The Labute approximate surface area is 573 Å². The first kappa shape index (κ1) is 76.0. The molecule has 0 radical (unpaired) electrons. The summed E-state index contributed by atoms with van der Waals surface area (Å²) in [7, 11) is -7.72. The number of carbonyl (C=O) groups is 2. The Morgan fingerprint density at radius 3 is 1.58 bits per heavy atom. The molecule has 8 N–H and O–H groups in total. The third kappa shape index (κ3) is 22.1. The number of carboxylic acids is 1. The molecule has 0 bridgehead atoms. The number of rotatable bonds is 27. The average Bonchev–Trinajstić information content (AvgIpc) is 1.64. The van der Waals surface area contributed by atoms with Gasteiger partial charge >= 0.3 is 27.6 Å². The van der Waals surface area contributed by atoms with Crippen molar-refractivity contribution in [2.45, 2.75) is 179 Å². The maximum atomic E-state index is 14.6. The van der Waals surface area contributed by atoms with Crippen LogP contribution in [-0.2, 0) is 50.6 Å². The van der Waals surface area contributed by atoms with Crippen LogP contribution in [0, 0.1) is 36.3 Å². The van der Waals surface area contributed by atoms with E-state index in [0.717, 1.165) is 32.1 Å². The standard InChI is InChI=1S/C31H40ClFN5O7P.C21H22ClFN5O6P.C10H20O2.C2H2.CH3F/c1-3-4-5-6-7-8-9-10-27(39)44-26-16-24(38-18-35-28-29(38)36-31(34)37-30(28)40)19(2)22(26)17-43-46(41)42-14-13-25(45-46)21-15-20(32)11-12-23(21)33;1-10-13(16(29)7-15(10)28-9-25-18-19(28)26-21(24)27-20(18)30)8-33-35(31)32-5-4-17(34-35)12-6-11(22)2-3-14(12)23;1-2-3-4-5-6-7-8-9-10(11)12;2*1-2/h11-12,15,18,22,24-26H,2-10,13-14,16-17H2,1H3,(H3,34,36,37,40);2-3,6,9,13,15-17,29H,1,4-5,7-8H2,(H3,24,26,27,30);2-9H2,1H3,(H,11,12);1-2H;1H3/t22-,24?,25+,26-,46-;13-,15?,16-,17+,35-;;;/m00.../s1/i;;;1D,2D;. The Morgan fingerprint density at radius 2 is 1.12 bits per heavy atom. The zero-order valence-corrected chi connectivity index (χ0v) is 57.7. The van der Waals surface area contributed by atoms with Gasteiger partial charge in [0, 0.05) is 65.1 Å². The average molecular weight is 1440 g/mol. The van der Waals surface area contributed by atoms with Gasteiger partial charge in [-0.2, -0.15) is 9.97 Å². The third-order valence-corrected chi connectivity index (χ3v) is 20.1. The van der Waals surface area contributed by atoms with Gasteiger partial charge < -0.3 is 35.6 Å². The molecular weight excluding hydrogens is 1350 g/mol. The number of alkyl halides is 1. The molecule has 2 saturated carbocycles. The quantitative estimate of drug-likeness (QED) is 0.00917. The summed E-state index contributed by atoms with van der Waals surface area (Å²) in [6.07, 6.45) is 20.0. The van der Waals surface area contributed by atoms with Crippen molar-refractivity contribution in [1.29, 1.82) is 0 Å². The normalized spacial score (nSPS) is 23.8. The molecule has 2 aromatic carbocycles. The van der Waals surface area contributed by atoms with Gasteiger partial charge in [-0.1, -0.05) is 127 Å². The Hall–Kier alpha value is -6.73. The molecule has 4 fully saturated rings. The SMILES string of the molecule is C=C1C(n2cnc3c(=O)[nH]c(N)nc32)C[C@H](O)[C@H]1CO[P@]1(=O)OCC[C@H](c2cc(Cl)ccc2F)O1.C=C1C(n2cnc3c(=O)[nH]c(N)nc32)C[C@H](OC(=O)CCCCCCCCC)[C@H]1CO[P@]1(=O)OCC[C@H](c2cc(Cl)ccc2F)O1.CCCCCCCCCC(=O)O.CF.[2H]C#C[2H]. The number of phosphoric acid groups is 2. The number of hydrogen-bond acceptors (Lipinski definition) is 20. The lowest BCUT2D eigenvalue weighted by atomic mass is 10.0. The fraction of sp³-hybridized carbons (Fsp3) is 0.538. The van der Waals surface area contributed by atoms with Crippen molar-refractivity contribution in [2.24, 2.45) is 11.8 Å². The van der Waals surface area contributed by atoms with Crippen LogP contribution in [0.4, 0.5) is 25.1 Å². The van der Waals surface area contributed by atoms with Gasteiger partial charge in [-0.05, 0) is 66.8 Å². The summed E-state index contributed by atoms with van der Waals surface area (Å²) in [5.74, 6) is -3.51. The molecule has 25 nitrogen and oxygen atoms in total. The van der Waals surface area contributed by atoms with Crippen LogP contribution in [0.2, 0.25) is 10.0 Å². The zero-order chi connectivity index (χ0) is 72.4. The molecule has 10 rings (SSSR count). The van der Waals surface area contributed by atoms with Crippen molar-refractivity contribution < 1.29 is 76.7 Å². The first-order chi connectivity index (χ1) is 47.4. The number of aliphatic carboxylic acids is 1. The molecular formula is C65H87Cl2F3N10O15P2. The van der Waals surface area contributed by atoms with E-state index in [4.69, 9.17) is 74.4 Å². The first-order valence-corrected chi connectivity index (χ1v) is 35.8. The minimum Gasteiger partial charge on any atom is -0.481 e. The van der Waals surface area contributed by atoms with Crippen LogP contribution in [0.1, 0.15) is 180 Å². The lowest BCUT2D eigenvalue weighted by Gasteiger charge is -2.30. The Balaban J connectivity index is 0.000000256. The largest absolute Gasteiger partial charge is 0.481 e. The lowest BCUT2D eigenvalue weighted by Crippen LogP contribution is -2.27. The molecule has 0 spiro atoms. The van der Waals surface area contributed by atoms with Crippen LogP contribution in [0.5, 0.6) is 0 Å². The smallest absolute Gasteiger partial charge is 0.475 e. The van der Waals surface area contributed by atoms with Crippen molar-refractivity contribution in [3.63, 3.8) is 0 Å². The number of phosphoric ester groups is 2. The predicted octanol–water partition coefficient (Wildman–Crippen LogP) is 14.3. The molecule has 10 atom stereocenters. The van der Waals surface area contributed by atoms with Gasteiger partial charge in [-0.25, -0.2) is 27.9 Å². The van der Waals surface area contributed by atoms with Crippen LogP contribution in [0.15, 0.2) is 82.9 Å². The number of H-pyrrole nitrogens is 2. The molecule has 97 heavy (non-hydrogen) atoms. The van der Waals surface area contributed by atoms with Crippen LogP contribution in [-0.4, -0.2) is 107 Å². The lowest BCUT2D eigenvalue weighted by molar-refractivity contribution is -0.151. The minimum absolute atomic E-state index is 0.00165. The molecule has 2 aliphatic heterocycles. The van der Waals surface area contributed by atoms with Gasteiger partial charge in [0.1, 0.15) is 20.5 Å². The molecule has 2 saturated heterocycles. The van der Waals surface area contributed by atoms with Crippen molar-refractivity contribution in [2.75, 3.05) is 45.1 Å². The Kier molecular flexibility index (Phi) is 30.2. The molecule has 532 valence electrons. The van der Waals surface area contributed by atoms with E-state index < -0.39 is 92.7 Å². The molecule has 4 aromatic heterocycles. The highest BCUT2D eigenvalue weighted by molar-refractivity contribution is 7.48. The number of esters is 1. The number of ether oxygens (including phenoxy) is 1. The summed E-state index contributed by atoms with van der Waals surface area (Å²) in [5, 5.41) is 19.7. The monoisotopic (exact) mass is 1440 g/mol. The van der Waals surface area contributed by atoms with Crippen molar-refractivity contribution >= 4 is 85.0 Å². The molecule has 32 heteroatoms. The maximum absolute atomic E-state index is 14.6. The maximum Gasteiger partial charge on any atom is 0.475 e. The van der Waals surface area contributed by atoms with Gasteiger partial charge in [0.25, 0.3) is 11.1 Å². The number of fused-ring (bicyclic) bond motifs is 2. The summed E-state index contributed by atoms with van der Waals surface area (Å²) in [5.41, 5.74) is 12.6. The highest BCUT2D eigenvalue weighted by Crippen LogP contribution is 2.60. The molecule has 0 amide bonds. The van der Waals surface area contributed by atoms with Crippen molar-refractivity contribution in [3.05, 3.63) is 127 Å². The molecule has 6 heterocycles. The number of hydrogen-bond donors (Lipinski definition) is 6. The topological polar surface area (TPSA) is 353 Å². The molecule has 2 unspecified atom stereocenters. The van der Waals surface area contributed by atoms with Crippen LogP contribution < -0.4 is 22.6 Å². The second-order valence-electron chi connectivity index (χ2n) is 23.4. The Bertz CT molecular complexity index is 3970. The van der Waals surface area contributed by atoms with E-state index in [1.807, 2.05) is 0 Å². The van der Waals surface area contributed by atoms with E-state index >= 15 is 0 Å². The number of nitrogens with zero attached hydrogens (tertiary/aromatic N) is 6. The van der Waals surface area contributed by atoms with E-state index in [2.05, 4.69) is 56.9 Å². The van der Waals surface area contributed by atoms with E-state index in [1.54, 1.807) is 21.9 Å². The van der Waals surface area contributed by atoms with Crippen molar-refractivity contribution in [1.82, 2.24) is 39.0 Å². The number of aromatic amines is 2. The number of nitrogens with two attached hydrogens (primary N) is 2. The summed E-state index contributed by atoms with van der Waals surface area (Å²) in [4.78, 5) is 69.1. The first-order valence-electron chi connectivity index (χ1n) is 33.1. The van der Waals surface area contributed by atoms with Gasteiger partial charge in [0.2, 0.25) is 11.9 Å². The van der Waals surface area contributed by atoms with Gasteiger partial charge in [-0.3, -0.25) is 60.7 Å². The van der Waals surface area contributed by atoms with Crippen molar-refractivity contribution in [3.8, 4) is 12.8 Å². The van der Waals surface area contributed by atoms with E-state index in [-0.39, 0.29) is 110 Å². The Morgan fingerprint density at radius 1 is 0.701 bits per heavy atom. The number of aromatic nitrogens is 8. The number of aliphatic hydroxyl groups is 1. The number of nitrogen functional groups attached to an aromatic ring is 2. The second kappa shape index (κ2) is 38.6. The van der Waals surface area contributed by atoms with Crippen LogP contribution in [0.25, 0.3) is 22.3 Å². The fourth-order valence-corrected chi connectivity index (χ4v) is 14.8. The fourth-order valence-electron chi connectivity index (χ4n) is 11.7. The predicted molar refractivity (Wildman–Crippen MR) is 362 cm³/mol. The number of carbonyl (C=O) groups excluding carboxylic acids is 1. The number of aliphatic hydroxyl groups excluding tert-OH is 1. The minimum atomic E-state index is -4.16. The number of nitrogens with one attached hydrogen (secondary N) is 2. The number of unbranched alkanes of at least 4 members (excludes halogenated alkanes) is 12. The number of carboxylic acid groups (broad SMARTS) is 1. The number of halogens is 5. The van der Waals surface area contributed by atoms with E-state index in [1.165, 1.54) is 100 Å². The summed E-state index contributed by atoms with van der Waals surface area (Å²) >= 11 is 12.0. The molecule has 6 aromatic rings. The third-order valence-electron chi connectivity index (χ3n) is 16.7. The highest BCUT2D eigenvalue weighted by Gasteiger charge is 2.46. The van der Waals surface area contributed by atoms with Crippen LogP contribution in [0.3, 0.4) is 0 Å². The van der Waals surface area contributed by atoms with E-state index in [0.29, 0.717) is 41.2 Å². The summed E-state index contributed by atoms with van der Waals surface area (Å²) in [6, 6.07) is 7.11. The van der Waals surface area contributed by atoms with Crippen LogP contribution >= 0.6 is 38.8 Å². The number of benzene rings is 2.